The van der Waals surface area contributed by atoms with Crippen molar-refractivity contribution in [2.75, 3.05) is 32.9 Å². The smallest absolute Gasteiger partial charge is 0.410 e. The van der Waals surface area contributed by atoms with Crippen molar-refractivity contribution >= 4 is 6.09 Å². The summed E-state index contributed by atoms with van der Waals surface area (Å²) in [7, 11) is 0. The van der Waals surface area contributed by atoms with Crippen molar-refractivity contribution < 1.29 is 19.4 Å². The number of nitrogens with zero attached hydrogens (tertiary/aromatic N) is 1. The number of carbonyl (C=O) groups excluding carboxylic acids is 1. The number of ether oxygens (including phenoxy) is 2. The second-order valence-electron chi connectivity index (χ2n) is 5.92. The Kier molecular flexibility index (Phi) is 4.38. The Hall–Kier alpha value is -0.810. The van der Waals surface area contributed by atoms with Crippen molar-refractivity contribution in [2.24, 2.45) is 5.41 Å². The second kappa shape index (κ2) is 5.23. The van der Waals surface area contributed by atoms with Gasteiger partial charge in [-0.25, -0.2) is 4.79 Å². The Morgan fingerprint density at radius 3 is 2.71 bits per heavy atom. The Balaban J connectivity index is 2.66. The minimum Gasteiger partial charge on any atom is -0.444 e. The van der Waals surface area contributed by atoms with E-state index in [4.69, 9.17) is 9.47 Å². The Morgan fingerprint density at radius 2 is 2.18 bits per heavy atom. The number of hydrogen-bond acceptors (Lipinski definition) is 4. The van der Waals surface area contributed by atoms with Gasteiger partial charge in [0.2, 0.25) is 0 Å². The average molecular weight is 245 g/mol. The van der Waals surface area contributed by atoms with E-state index in [0.717, 1.165) is 0 Å². The van der Waals surface area contributed by atoms with Crippen LogP contribution in [0.5, 0.6) is 0 Å². The summed E-state index contributed by atoms with van der Waals surface area (Å²) in [6.07, 6.45) is -0.345. The number of amides is 1. The van der Waals surface area contributed by atoms with Gasteiger partial charge >= 0.3 is 6.09 Å². The monoisotopic (exact) mass is 245 g/mol. The maximum Gasteiger partial charge on any atom is 0.410 e. The highest BCUT2D eigenvalue weighted by Crippen LogP contribution is 2.22. The van der Waals surface area contributed by atoms with Crippen LogP contribution in [0.15, 0.2) is 0 Å². The molecule has 1 heterocycles. The fourth-order valence-corrected chi connectivity index (χ4v) is 1.66. The van der Waals surface area contributed by atoms with Gasteiger partial charge in [-0.1, -0.05) is 6.92 Å². The van der Waals surface area contributed by atoms with Gasteiger partial charge < -0.3 is 19.5 Å². The van der Waals surface area contributed by atoms with Crippen molar-refractivity contribution in [3.63, 3.8) is 0 Å². The summed E-state index contributed by atoms with van der Waals surface area (Å²) in [5, 5.41) is 9.35. The molecule has 1 saturated heterocycles. The topological polar surface area (TPSA) is 59.0 Å². The zero-order valence-electron chi connectivity index (χ0n) is 11.2. The molecule has 1 atom stereocenters. The van der Waals surface area contributed by atoms with Gasteiger partial charge in [-0.3, -0.25) is 0 Å². The highest BCUT2D eigenvalue weighted by Gasteiger charge is 2.33. The summed E-state index contributed by atoms with van der Waals surface area (Å²) in [6, 6.07) is 0. The molecule has 0 aliphatic carbocycles. The quantitative estimate of drug-likeness (QED) is 0.755. The molecule has 5 nitrogen and oxygen atoms in total. The van der Waals surface area contributed by atoms with E-state index in [0.29, 0.717) is 26.3 Å². The summed E-state index contributed by atoms with van der Waals surface area (Å²) < 4.78 is 10.7. The lowest BCUT2D eigenvalue weighted by Gasteiger charge is -2.31. The van der Waals surface area contributed by atoms with Crippen LogP contribution in [0.4, 0.5) is 4.79 Å². The first-order valence-corrected chi connectivity index (χ1v) is 5.92. The molecule has 1 unspecified atom stereocenters. The van der Waals surface area contributed by atoms with E-state index in [1.165, 1.54) is 0 Å². The third-order valence-electron chi connectivity index (χ3n) is 2.56. The normalized spacial score (nSPS) is 26.5. The van der Waals surface area contributed by atoms with Crippen LogP contribution in [0.1, 0.15) is 27.7 Å². The Bertz CT molecular complexity index is 274. The van der Waals surface area contributed by atoms with Crippen LogP contribution >= 0.6 is 0 Å². The van der Waals surface area contributed by atoms with Crippen molar-refractivity contribution in [3.05, 3.63) is 0 Å². The molecule has 0 aromatic heterocycles. The number of aliphatic hydroxyl groups is 1. The van der Waals surface area contributed by atoms with E-state index in [1.54, 1.807) is 4.90 Å². The van der Waals surface area contributed by atoms with E-state index < -0.39 is 11.0 Å². The van der Waals surface area contributed by atoms with Crippen LogP contribution in [-0.4, -0.2) is 54.6 Å². The Morgan fingerprint density at radius 1 is 1.53 bits per heavy atom. The van der Waals surface area contributed by atoms with Crippen LogP contribution < -0.4 is 0 Å². The summed E-state index contributed by atoms with van der Waals surface area (Å²) in [4.78, 5) is 13.5. The first-order valence-electron chi connectivity index (χ1n) is 5.92. The highest BCUT2D eigenvalue weighted by atomic mass is 16.6. The predicted molar refractivity (Wildman–Crippen MR) is 63.8 cm³/mol. The molecule has 0 spiro atoms. The van der Waals surface area contributed by atoms with Crippen LogP contribution in [0.2, 0.25) is 0 Å². The lowest BCUT2D eigenvalue weighted by atomic mass is 9.92. The minimum atomic E-state index is -0.500. The molecule has 0 radical (unpaired) electrons. The van der Waals surface area contributed by atoms with Gasteiger partial charge in [0.25, 0.3) is 0 Å². The van der Waals surface area contributed by atoms with Gasteiger partial charge in [-0.05, 0) is 20.8 Å². The summed E-state index contributed by atoms with van der Waals surface area (Å²) >= 11 is 0. The largest absolute Gasteiger partial charge is 0.444 e. The minimum absolute atomic E-state index is 0.00764. The van der Waals surface area contributed by atoms with Gasteiger partial charge in [-0.15, -0.1) is 0 Å². The van der Waals surface area contributed by atoms with Crippen LogP contribution in [0.3, 0.4) is 0 Å². The molecule has 0 aromatic rings. The van der Waals surface area contributed by atoms with Gasteiger partial charge in [-0.2, -0.15) is 0 Å². The molecule has 5 heteroatoms. The van der Waals surface area contributed by atoms with Crippen molar-refractivity contribution in [1.29, 1.82) is 0 Å². The predicted octanol–water partition coefficient (Wildman–Crippen LogP) is 1.25. The van der Waals surface area contributed by atoms with E-state index >= 15 is 0 Å². The molecule has 1 amide bonds. The zero-order valence-corrected chi connectivity index (χ0v) is 11.2. The van der Waals surface area contributed by atoms with E-state index in [-0.39, 0.29) is 12.7 Å². The highest BCUT2D eigenvalue weighted by molar-refractivity contribution is 5.68. The van der Waals surface area contributed by atoms with Gasteiger partial charge in [0.1, 0.15) is 5.60 Å². The van der Waals surface area contributed by atoms with Gasteiger partial charge in [0.05, 0.1) is 19.8 Å². The molecule has 1 fully saturated rings. The van der Waals surface area contributed by atoms with Crippen molar-refractivity contribution in [1.82, 2.24) is 4.90 Å². The number of rotatable bonds is 1. The van der Waals surface area contributed by atoms with Gasteiger partial charge in [0.15, 0.2) is 0 Å². The average Bonchev–Trinajstić information content (AvgIpc) is 2.39. The fourth-order valence-electron chi connectivity index (χ4n) is 1.66. The lowest BCUT2D eigenvalue weighted by molar-refractivity contribution is 0.0123. The number of hydrogen-bond donors (Lipinski definition) is 1. The first kappa shape index (κ1) is 14.3. The van der Waals surface area contributed by atoms with E-state index in [9.17, 15) is 9.90 Å². The third-order valence-corrected chi connectivity index (χ3v) is 2.56. The second-order valence-corrected chi connectivity index (χ2v) is 5.92. The fraction of sp³-hybridized carbons (Fsp3) is 0.917. The molecular weight excluding hydrogens is 222 g/mol. The van der Waals surface area contributed by atoms with Crippen LogP contribution in [-0.2, 0) is 9.47 Å². The molecule has 1 aliphatic rings. The molecule has 17 heavy (non-hydrogen) atoms. The summed E-state index contributed by atoms with van der Waals surface area (Å²) in [6.45, 7) is 9.31. The molecule has 0 aromatic carbocycles. The first-order chi connectivity index (χ1) is 7.76. The zero-order chi connectivity index (χ0) is 13.1. The van der Waals surface area contributed by atoms with E-state index in [1.807, 2.05) is 27.7 Å². The van der Waals surface area contributed by atoms with Crippen LogP contribution in [0.25, 0.3) is 0 Å². The SMILES string of the molecule is CC1(CO)COCCN(C(=O)OC(C)(C)C)C1. The summed E-state index contributed by atoms with van der Waals surface area (Å²) in [5.41, 5.74) is -0.909. The molecule has 0 bridgehead atoms. The standard InChI is InChI=1S/C12H23NO4/c1-11(2,3)17-10(15)13-5-6-16-9-12(4,7-13)8-14/h14H,5-9H2,1-4H3. The summed E-state index contributed by atoms with van der Waals surface area (Å²) in [5.74, 6) is 0. The van der Waals surface area contributed by atoms with Gasteiger partial charge in [0, 0.05) is 18.5 Å². The molecule has 1 N–H and O–H groups in total. The Labute approximate surface area is 103 Å². The van der Waals surface area contributed by atoms with Crippen molar-refractivity contribution in [3.8, 4) is 0 Å². The number of carbonyl (C=O) groups is 1. The maximum absolute atomic E-state index is 11.9. The molecule has 1 rings (SSSR count). The molecule has 100 valence electrons. The molecule has 1 aliphatic heterocycles. The number of aliphatic hydroxyl groups excluding tert-OH is 1. The van der Waals surface area contributed by atoms with E-state index in [2.05, 4.69) is 0 Å². The lowest BCUT2D eigenvalue weighted by Crippen LogP contribution is -2.44. The molecule has 0 saturated carbocycles. The van der Waals surface area contributed by atoms with Crippen LogP contribution in [0, 0.1) is 5.41 Å². The van der Waals surface area contributed by atoms with Crippen molar-refractivity contribution in [2.45, 2.75) is 33.3 Å². The molecular formula is C12H23NO4. The third kappa shape index (κ3) is 4.52. The maximum atomic E-state index is 11.9.